The minimum atomic E-state index is -4.51. The van der Waals surface area contributed by atoms with Crippen LogP contribution in [0.4, 0.5) is 13.2 Å². The van der Waals surface area contributed by atoms with Crippen LogP contribution in [0.2, 0.25) is 0 Å². The van der Waals surface area contributed by atoms with E-state index < -0.39 is 17.8 Å². The van der Waals surface area contributed by atoms with Crippen LogP contribution in [0.1, 0.15) is 24.1 Å². The summed E-state index contributed by atoms with van der Waals surface area (Å²) in [5.41, 5.74) is -1.01. The van der Waals surface area contributed by atoms with Crippen LogP contribution in [0.25, 0.3) is 0 Å². The van der Waals surface area contributed by atoms with Crippen LogP contribution in [0.15, 0.2) is 24.3 Å². The number of rotatable bonds is 3. The first-order valence-corrected chi connectivity index (χ1v) is 4.46. The van der Waals surface area contributed by atoms with Crippen molar-refractivity contribution in [2.45, 2.75) is 19.1 Å². The minimum Gasteiger partial charge on any atom is -0.286 e. The third-order valence-electron chi connectivity index (χ3n) is 2.22. The number of amides is 1. The van der Waals surface area contributed by atoms with Gasteiger partial charge in [0, 0.05) is 0 Å². The van der Waals surface area contributed by atoms with Crippen molar-refractivity contribution in [3.63, 3.8) is 0 Å². The Morgan fingerprint density at radius 2 is 1.94 bits per heavy atom. The lowest BCUT2D eigenvalue weighted by Crippen LogP contribution is -2.23. The number of alkyl halides is 3. The average Bonchev–Trinajstić information content (AvgIpc) is 2.26. The smallest absolute Gasteiger partial charge is 0.286 e. The van der Waals surface area contributed by atoms with Crippen LogP contribution in [0.5, 0.6) is 0 Å². The Morgan fingerprint density at radius 3 is 2.44 bits per heavy atom. The number of nitrogens with zero attached hydrogens (tertiary/aromatic N) is 1. The summed E-state index contributed by atoms with van der Waals surface area (Å²) in [6.07, 6.45) is -4.44. The van der Waals surface area contributed by atoms with E-state index in [2.05, 4.69) is 0 Å². The molecule has 88 valence electrons. The molecule has 0 saturated carbocycles. The van der Waals surface area contributed by atoms with Gasteiger partial charge in [-0.3, -0.25) is 10.0 Å². The predicted octanol–water partition coefficient (Wildman–Crippen LogP) is 2.61. The van der Waals surface area contributed by atoms with Gasteiger partial charge in [0.05, 0.1) is 11.6 Å². The van der Waals surface area contributed by atoms with Gasteiger partial charge < -0.3 is 0 Å². The summed E-state index contributed by atoms with van der Waals surface area (Å²) in [6.45, 7) is 1.30. The zero-order valence-corrected chi connectivity index (χ0v) is 8.40. The van der Waals surface area contributed by atoms with E-state index in [0.717, 1.165) is 6.07 Å². The van der Waals surface area contributed by atoms with E-state index in [-0.39, 0.29) is 17.0 Å². The van der Waals surface area contributed by atoms with Gasteiger partial charge in [0.2, 0.25) is 6.41 Å². The molecule has 3 nitrogen and oxygen atoms in total. The Bertz CT molecular complexity index is 379. The van der Waals surface area contributed by atoms with Gasteiger partial charge >= 0.3 is 6.18 Å². The summed E-state index contributed by atoms with van der Waals surface area (Å²) in [5.74, 6) is 0. The molecule has 1 aromatic rings. The Labute approximate surface area is 90.1 Å². The third kappa shape index (κ3) is 2.52. The number of benzene rings is 1. The summed E-state index contributed by atoms with van der Waals surface area (Å²) < 4.78 is 37.8. The highest BCUT2D eigenvalue weighted by Crippen LogP contribution is 2.35. The molecule has 1 unspecified atom stereocenters. The SMILES string of the molecule is CC(c1ccccc1C(F)(F)F)N(O)C=O. The molecular formula is C10H10F3NO2. The number of carbonyl (C=O) groups is 1. The van der Waals surface area contributed by atoms with Gasteiger partial charge in [-0.2, -0.15) is 13.2 Å². The summed E-state index contributed by atoms with van der Waals surface area (Å²) in [7, 11) is 0. The van der Waals surface area contributed by atoms with Crippen molar-refractivity contribution in [2.24, 2.45) is 0 Å². The largest absolute Gasteiger partial charge is 0.416 e. The second-order valence-electron chi connectivity index (χ2n) is 3.25. The first-order chi connectivity index (χ1) is 7.38. The molecule has 6 heteroatoms. The Kier molecular flexibility index (Phi) is 3.54. The molecule has 1 rings (SSSR count). The molecule has 0 fully saturated rings. The number of hydroxylamine groups is 2. The van der Waals surface area contributed by atoms with Crippen LogP contribution in [-0.4, -0.2) is 16.7 Å². The van der Waals surface area contributed by atoms with Gasteiger partial charge in [0.15, 0.2) is 0 Å². The molecule has 0 bridgehead atoms. The van der Waals surface area contributed by atoms with Gasteiger partial charge in [-0.05, 0) is 18.6 Å². The second-order valence-corrected chi connectivity index (χ2v) is 3.25. The van der Waals surface area contributed by atoms with Gasteiger partial charge in [-0.15, -0.1) is 0 Å². The lowest BCUT2D eigenvalue weighted by atomic mass is 10.0. The third-order valence-corrected chi connectivity index (χ3v) is 2.22. The first-order valence-electron chi connectivity index (χ1n) is 4.46. The minimum absolute atomic E-state index is 0.0673. The second kappa shape index (κ2) is 4.52. The maximum Gasteiger partial charge on any atom is 0.416 e. The van der Waals surface area contributed by atoms with Crippen molar-refractivity contribution >= 4 is 6.41 Å². The molecule has 1 aromatic carbocycles. The number of carbonyl (C=O) groups excluding carboxylic acids is 1. The Balaban J connectivity index is 3.18. The molecule has 0 spiro atoms. The summed E-state index contributed by atoms with van der Waals surface area (Å²) in [4.78, 5) is 10.3. The monoisotopic (exact) mass is 233 g/mol. The van der Waals surface area contributed by atoms with E-state index in [0.29, 0.717) is 0 Å². The van der Waals surface area contributed by atoms with Crippen molar-refractivity contribution < 1.29 is 23.2 Å². The molecule has 0 aliphatic carbocycles. The molecule has 1 atom stereocenters. The normalized spacial score (nSPS) is 13.3. The topological polar surface area (TPSA) is 40.5 Å². The maximum absolute atomic E-state index is 12.6. The molecule has 0 radical (unpaired) electrons. The molecule has 0 saturated heterocycles. The van der Waals surface area contributed by atoms with E-state index >= 15 is 0 Å². The zero-order valence-electron chi connectivity index (χ0n) is 8.40. The van der Waals surface area contributed by atoms with Crippen LogP contribution < -0.4 is 0 Å². The van der Waals surface area contributed by atoms with Crippen molar-refractivity contribution in [2.75, 3.05) is 0 Å². The predicted molar refractivity (Wildman–Crippen MR) is 49.5 cm³/mol. The van der Waals surface area contributed by atoms with Crippen LogP contribution >= 0.6 is 0 Å². The molecular weight excluding hydrogens is 223 g/mol. The fourth-order valence-electron chi connectivity index (χ4n) is 1.35. The van der Waals surface area contributed by atoms with E-state index in [9.17, 15) is 18.0 Å². The van der Waals surface area contributed by atoms with Gasteiger partial charge in [-0.25, -0.2) is 5.06 Å². The summed E-state index contributed by atoms with van der Waals surface area (Å²) >= 11 is 0. The highest BCUT2D eigenvalue weighted by molar-refractivity contribution is 5.47. The molecule has 0 aliphatic rings. The van der Waals surface area contributed by atoms with Crippen molar-refractivity contribution in [3.05, 3.63) is 35.4 Å². The summed E-state index contributed by atoms with van der Waals surface area (Å²) in [6, 6.07) is 3.75. The standard InChI is InChI=1S/C10H10F3NO2/c1-7(14(16)6-15)8-4-2-3-5-9(8)10(11,12)13/h2-7,16H,1H3. The fraction of sp³-hybridized carbons (Fsp3) is 0.300. The van der Waals surface area contributed by atoms with E-state index in [4.69, 9.17) is 5.21 Å². The lowest BCUT2D eigenvalue weighted by Gasteiger charge is -2.22. The zero-order chi connectivity index (χ0) is 12.3. The van der Waals surface area contributed by atoms with Crippen molar-refractivity contribution in [3.8, 4) is 0 Å². The molecule has 16 heavy (non-hydrogen) atoms. The van der Waals surface area contributed by atoms with Crippen LogP contribution in [-0.2, 0) is 11.0 Å². The fourth-order valence-corrected chi connectivity index (χ4v) is 1.35. The van der Waals surface area contributed by atoms with Gasteiger partial charge in [-0.1, -0.05) is 18.2 Å². The highest BCUT2D eigenvalue weighted by atomic mass is 19.4. The Morgan fingerprint density at radius 1 is 1.38 bits per heavy atom. The van der Waals surface area contributed by atoms with Crippen molar-refractivity contribution in [1.82, 2.24) is 5.06 Å². The quantitative estimate of drug-likeness (QED) is 0.495. The number of hydrogen-bond donors (Lipinski definition) is 1. The molecule has 1 amide bonds. The molecule has 0 aromatic heterocycles. The Hall–Kier alpha value is -1.56. The van der Waals surface area contributed by atoms with Gasteiger partial charge in [0.1, 0.15) is 0 Å². The average molecular weight is 233 g/mol. The van der Waals surface area contributed by atoms with E-state index in [1.54, 1.807) is 0 Å². The number of halogens is 3. The molecule has 1 N–H and O–H groups in total. The van der Waals surface area contributed by atoms with E-state index in [1.165, 1.54) is 25.1 Å². The summed E-state index contributed by atoms with van der Waals surface area (Å²) in [5, 5.41) is 9.27. The first kappa shape index (κ1) is 12.5. The van der Waals surface area contributed by atoms with Gasteiger partial charge in [0.25, 0.3) is 0 Å². The van der Waals surface area contributed by atoms with Crippen LogP contribution in [0.3, 0.4) is 0 Å². The maximum atomic E-state index is 12.6. The highest BCUT2D eigenvalue weighted by Gasteiger charge is 2.34. The molecule has 0 heterocycles. The van der Waals surface area contributed by atoms with Crippen molar-refractivity contribution in [1.29, 1.82) is 0 Å². The number of hydrogen-bond acceptors (Lipinski definition) is 2. The molecule has 0 aliphatic heterocycles. The van der Waals surface area contributed by atoms with E-state index in [1.807, 2.05) is 0 Å². The lowest BCUT2D eigenvalue weighted by molar-refractivity contribution is -0.161. The van der Waals surface area contributed by atoms with Crippen LogP contribution in [0, 0.1) is 0 Å².